The minimum atomic E-state index is -3.81. The van der Waals surface area contributed by atoms with Crippen LogP contribution in [-0.4, -0.2) is 34.5 Å². The number of amides is 2. The first-order chi connectivity index (χ1) is 13.1. The fourth-order valence-corrected chi connectivity index (χ4v) is 3.16. The number of aromatic nitrogens is 2. The van der Waals surface area contributed by atoms with Crippen LogP contribution in [0.2, 0.25) is 0 Å². The number of hydrogen-bond donors (Lipinski definition) is 3. The van der Waals surface area contributed by atoms with E-state index < -0.39 is 16.1 Å². The second-order valence-electron chi connectivity index (χ2n) is 6.23. The van der Waals surface area contributed by atoms with Crippen molar-refractivity contribution in [3.63, 3.8) is 0 Å². The number of urea groups is 1. The third kappa shape index (κ3) is 4.19. The molecular weight excluding hydrogens is 382 g/mol. The van der Waals surface area contributed by atoms with E-state index in [1.54, 1.807) is 22.9 Å². The van der Waals surface area contributed by atoms with Gasteiger partial charge in [0.1, 0.15) is 0 Å². The number of nitrogens with zero attached hydrogens (tertiary/aromatic N) is 3. The number of carbonyl (C=O) groups excluding carboxylic acids is 1. The van der Waals surface area contributed by atoms with Crippen molar-refractivity contribution in [3.05, 3.63) is 65.9 Å². The van der Waals surface area contributed by atoms with Gasteiger partial charge >= 0.3 is 6.03 Å². The van der Waals surface area contributed by atoms with E-state index in [2.05, 4.69) is 5.10 Å². The third-order valence-electron chi connectivity index (χ3n) is 4.08. The molecule has 146 valence electrons. The number of hydrogen-bond acceptors (Lipinski definition) is 5. The quantitative estimate of drug-likeness (QED) is 0.441. The van der Waals surface area contributed by atoms with Crippen LogP contribution in [0.15, 0.2) is 59.5 Å². The van der Waals surface area contributed by atoms with Gasteiger partial charge in [0.15, 0.2) is 0 Å². The van der Waals surface area contributed by atoms with E-state index in [1.165, 1.54) is 12.1 Å². The molecule has 10 heteroatoms. The number of hydroxylamine groups is 2. The van der Waals surface area contributed by atoms with Gasteiger partial charge < -0.3 is 5.73 Å². The summed E-state index contributed by atoms with van der Waals surface area (Å²) in [6.07, 6.45) is 0. The van der Waals surface area contributed by atoms with Gasteiger partial charge in [-0.15, -0.1) is 0 Å². The molecule has 0 aliphatic heterocycles. The van der Waals surface area contributed by atoms with Gasteiger partial charge in [0.25, 0.3) is 0 Å². The molecule has 9 nitrogen and oxygen atoms in total. The summed E-state index contributed by atoms with van der Waals surface area (Å²) < 4.78 is 24.5. The van der Waals surface area contributed by atoms with E-state index in [1.807, 2.05) is 31.2 Å². The summed E-state index contributed by atoms with van der Waals surface area (Å²) in [6, 6.07) is 14.3. The zero-order valence-electron chi connectivity index (χ0n) is 15.0. The molecule has 0 saturated heterocycles. The van der Waals surface area contributed by atoms with Crippen LogP contribution in [0.4, 0.5) is 4.79 Å². The predicted molar refractivity (Wildman–Crippen MR) is 102 cm³/mol. The molecule has 3 aromatic rings. The Balaban J connectivity index is 2.08. The molecule has 28 heavy (non-hydrogen) atoms. The van der Waals surface area contributed by atoms with Gasteiger partial charge in [0.05, 0.1) is 28.5 Å². The van der Waals surface area contributed by atoms with Crippen molar-refractivity contribution in [1.82, 2.24) is 14.8 Å². The molecule has 3 rings (SSSR count). The van der Waals surface area contributed by atoms with E-state index in [0.29, 0.717) is 22.1 Å². The molecule has 0 saturated carbocycles. The fourth-order valence-electron chi connectivity index (χ4n) is 2.64. The number of rotatable bonds is 5. The molecule has 0 unspecified atom stereocenters. The topological polar surface area (TPSA) is 145 Å². The number of primary sulfonamides is 1. The van der Waals surface area contributed by atoms with Crippen LogP contribution in [-0.2, 0) is 16.6 Å². The van der Waals surface area contributed by atoms with Crippen LogP contribution in [0.3, 0.4) is 0 Å². The summed E-state index contributed by atoms with van der Waals surface area (Å²) in [5.74, 6) is 0. The average molecular weight is 401 g/mol. The number of primary amides is 1. The molecule has 5 N–H and O–H groups in total. The van der Waals surface area contributed by atoms with Crippen molar-refractivity contribution in [2.75, 3.05) is 0 Å². The summed E-state index contributed by atoms with van der Waals surface area (Å²) in [7, 11) is -3.81. The van der Waals surface area contributed by atoms with Gasteiger partial charge in [-0.2, -0.15) is 5.10 Å². The van der Waals surface area contributed by atoms with Crippen molar-refractivity contribution in [2.24, 2.45) is 10.9 Å². The maximum Gasteiger partial charge on any atom is 0.338 e. The predicted octanol–water partition coefficient (Wildman–Crippen LogP) is 1.77. The van der Waals surface area contributed by atoms with Crippen molar-refractivity contribution in [3.8, 4) is 16.9 Å². The van der Waals surface area contributed by atoms with Crippen molar-refractivity contribution in [1.29, 1.82) is 0 Å². The molecule has 0 bridgehead atoms. The van der Waals surface area contributed by atoms with Gasteiger partial charge in [0, 0.05) is 5.56 Å². The zero-order chi connectivity index (χ0) is 20.5. The molecule has 0 aliphatic carbocycles. The fraction of sp³-hybridized carbons (Fsp3) is 0.111. The Kier molecular flexibility index (Phi) is 5.18. The van der Waals surface area contributed by atoms with Crippen LogP contribution in [0.1, 0.15) is 11.3 Å². The van der Waals surface area contributed by atoms with Crippen molar-refractivity contribution >= 4 is 16.1 Å². The van der Waals surface area contributed by atoms with Crippen molar-refractivity contribution in [2.45, 2.75) is 18.4 Å². The Morgan fingerprint density at radius 1 is 1.14 bits per heavy atom. The summed E-state index contributed by atoms with van der Waals surface area (Å²) in [6.45, 7) is 1.77. The first-order valence-electron chi connectivity index (χ1n) is 8.20. The number of nitrogens with two attached hydrogens (primary N) is 2. The molecule has 0 radical (unpaired) electrons. The molecule has 2 aromatic carbocycles. The molecule has 0 atom stereocenters. The van der Waals surface area contributed by atoms with Crippen molar-refractivity contribution < 1.29 is 18.4 Å². The Labute approximate surface area is 161 Å². The Hall–Kier alpha value is -3.21. The summed E-state index contributed by atoms with van der Waals surface area (Å²) in [4.78, 5) is 11.1. The highest BCUT2D eigenvalue weighted by molar-refractivity contribution is 7.89. The normalized spacial score (nSPS) is 11.4. The van der Waals surface area contributed by atoms with Crippen LogP contribution in [0.25, 0.3) is 16.9 Å². The van der Waals surface area contributed by atoms with Gasteiger partial charge in [-0.05, 0) is 37.3 Å². The smallest absolute Gasteiger partial charge is 0.338 e. The maximum atomic E-state index is 11.5. The molecule has 0 aliphatic rings. The van der Waals surface area contributed by atoms with Crippen LogP contribution in [0, 0.1) is 6.92 Å². The van der Waals surface area contributed by atoms with E-state index in [4.69, 9.17) is 10.9 Å². The van der Waals surface area contributed by atoms with E-state index in [0.717, 1.165) is 11.1 Å². The Bertz CT molecular complexity index is 1110. The highest BCUT2D eigenvalue weighted by atomic mass is 32.2. The molecular formula is C18H19N5O4S. The molecule has 2 amide bonds. The van der Waals surface area contributed by atoms with E-state index >= 15 is 0 Å². The lowest BCUT2D eigenvalue weighted by Gasteiger charge is -2.09. The van der Waals surface area contributed by atoms with Gasteiger partial charge in [-0.3, -0.25) is 5.21 Å². The lowest BCUT2D eigenvalue weighted by molar-refractivity contribution is -0.0479. The number of carbonyl (C=O) groups is 1. The molecule has 0 spiro atoms. The van der Waals surface area contributed by atoms with Gasteiger partial charge in [-0.1, -0.05) is 29.8 Å². The van der Waals surface area contributed by atoms with Gasteiger partial charge in [-0.25, -0.2) is 28.1 Å². The van der Waals surface area contributed by atoms with Crippen LogP contribution in [0.5, 0.6) is 0 Å². The zero-order valence-corrected chi connectivity index (χ0v) is 15.8. The standard InChI is InChI=1S/C18H19N5O4S/c1-12-2-4-13(5-3-12)17-10-14(11-22(25)18(19)24)21-23(17)15-6-8-16(9-7-15)28(20,26)27/h2-10,25H,11H2,1H3,(H2,19,24)(H2,20,26,27). The largest absolute Gasteiger partial charge is 0.350 e. The lowest BCUT2D eigenvalue weighted by Crippen LogP contribution is -2.32. The summed E-state index contributed by atoms with van der Waals surface area (Å²) in [5.41, 5.74) is 8.66. The highest BCUT2D eigenvalue weighted by Gasteiger charge is 2.16. The third-order valence-corrected chi connectivity index (χ3v) is 5.01. The average Bonchev–Trinajstić information content (AvgIpc) is 3.05. The maximum absolute atomic E-state index is 11.5. The monoisotopic (exact) mass is 401 g/mol. The van der Waals surface area contributed by atoms with E-state index in [-0.39, 0.29) is 11.4 Å². The van der Waals surface area contributed by atoms with Gasteiger partial charge in [0.2, 0.25) is 10.0 Å². The summed E-state index contributed by atoms with van der Waals surface area (Å²) in [5, 5.41) is 19.5. The first-order valence-corrected chi connectivity index (χ1v) is 9.75. The van der Waals surface area contributed by atoms with Crippen LogP contribution >= 0.6 is 0 Å². The number of aryl methyl sites for hydroxylation is 1. The van der Waals surface area contributed by atoms with Crippen LogP contribution < -0.4 is 10.9 Å². The minimum absolute atomic E-state index is 0.0178. The Morgan fingerprint density at radius 3 is 2.29 bits per heavy atom. The molecule has 0 fully saturated rings. The summed E-state index contributed by atoms with van der Waals surface area (Å²) >= 11 is 0. The van der Waals surface area contributed by atoms with E-state index in [9.17, 15) is 18.4 Å². The number of sulfonamides is 1. The number of benzene rings is 2. The lowest BCUT2D eigenvalue weighted by atomic mass is 10.1. The second kappa shape index (κ2) is 7.43. The minimum Gasteiger partial charge on any atom is -0.350 e. The molecule has 1 heterocycles. The SMILES string of the molecule is Cc1ccc(-c2cc(CN(O)C(N)=O)nn2-c2ccc(S(N)(=O)=O)cc2)cc1. The first kappa shape index (κ1) is 19.5. The Morgan fingerprint density at radius 2 is 1.75 bits per heavy atom. The molecule has 1 aromatic heterocycles. The highest BCUT2D eigenvalue weighted by Crippen LogP contribution is 2.25. The second-order valence-corrected chi connectivity index (χ2v) is 7.79.